The van der Waals surface area contributed by atoms with Gasteiger partial charge in [-0.1, -0.05) is 30.3 Å². The van der Waals surface area contributed by atoms with Gasteiger partial charge < -0.3 is 15.4 Å². The Bertz CT molecular complexity index is 1510. The summed E-state index contributed by atoms with van der Waals surface area (Å²) in [6.45, 7) is 6.40. The predicted molar refractivity (Wildman–Crippen MR) is 154 cm³/mol. The van der Waals surface area contributed by atoms with E-state index in [-0.39, 0.29) is 10.8 Å². The highest BCUT2D eigenvalue weighted by Crippen LogP contribution is 2.33. The summed E-state index contributed by atoms with van der Waals surface area (Å²) < 4.78 is 39.2. The minimum atomic E-state index is -3.72. The summed E-state index contributed by atoms with van der Waals surface area (Å²) in [6, 6.07) is 20.4. The van der Waals surface area contributed by atoms with Crippen molar-refractivity contribution < 1.29 is 17.9 Å². The molecular weight excluding hydrogens is 520 g/mol. The number of hydrogen-bond acceptors (Lipinski definition) is 7. The summed E-state index contributed by atoms with van der Waals surface area (Å²) in [6.07, 6.45) is 0.643. The number of amides is 1. The van der Waals surface area contributed by atoms with Gasteiger partial charge in [0, 0.05) is 24.2 Å². The van der Waals surface area contributed by atoms with Crippen LogP contribution < -0.4 is 20.1 Å². The molecular formula is C28H32N4O4S2. The highest BCUT2D eigenvalue weighted by molar-refractivity contribution is 7.89. The van der Waals surface area contributed by atoms with Crippen LogP contribution in [-0.2, 0) is 10.0 Å². The van der Waals surface area contributed by atoms with Gasteiger partial charge in [-0.3, -0.25) is 4.79 Å². The second-order valence-corrected chi connectivity index (χ2v) is 12.3. The molecule has 3 aromatic carbocycles. The van der Waals surface area contributed by atoms with Crippen LogP contribution in [0, 0.1) is 0 Å². The average Bonchev–Trinajstić information content (AvgIpc) is 3.30. The fourth-order valence-electron chi connectivity index (χ4n) is 3.96. The van der Waals surface area contributed by atoms with E-state index in [0.29, 0.717) is 36.3 Å². The Kier molecular flexibility index (Phi) is 8.35. The molecule has 0 fully saturated rings. The molecule has 10 heteroatoms. The van der Waals surface area contributed by atoms with Gasteiger partial charge in [0.05, 0.1) is 22.1 Å². The molecule has 0 aliphatic carbocycles. The number of rotatable bonds is 10. The van der Waals surface area contributed by atoms with Crippen molar-refractivity contribution in [1.29, 1.82) is 0 Å². The lowest BCUT2D eigenvalue weighted by Gasteiger charge is -2.20. The first-order valence-corrected chi connectivity index (χ1v) is 14.5. The number of nitrogens with zero attached hydrogens (tertiary/aromatic N) is 1. The molecule has 0 saturated heterocycles. The molecule has 200 valence electrons. The number of nitrogens with one attached hydrogen (secondary N) is 3. The molecule has 0 aliphatic heterocycles. The van der Waals surface area contributed by atoms with E-state index < -0.39 is 15.6 Å². The summed E-state index contributed by atoms with van der Waals surface area (Å²) >= 11 is 1.25. The molecule has 4 rings (SSSR count). The first-order valence-electron chi connectivity index (χ1n) is 12.3. The third kappa shape index (κ3) is 6.69. The van der Waals surface area contributed by atoms with Gasteiger partial charge in [-0.05, 0) is 86.2 Å². The molecule has 1 aromatic heterocycles. The van der Waals surface area contributed by atoms with Crippen LogP contribution in [0.15, 0.2) is 71.6 Å². The highest BCUT2D eigenvalue weighted by Gasteiger charge is 2.26. The number of fused-ring (bicyclic) bond motifs is 1. The van der Waals surface area contributed by atoms with Gasteiger partial charge in [0.2, 0.25) is 10.0 Å². The Hall–Kier alpha value is -3.47. The second kappa shape index (κ2) is 11.5. The van der Waals surface area contributed by atoms with Gasteiger partial charge in [-0.15, -0.1) is 0 Å². The van der Waals surface area contributed by atoms with Crippen molar-refractivity contribution in [2.24, 2.45) is 0 Å². The second-order valence-electron chi connectivity index (χ2n) is 9.86. The third-order valence-corrected chi connectivity index (χ3v) is 8.30. The van der Waals surface area contributed by atoms with Crippen molar-refractivity contribution in [1.82, 2.24) is 14.4 Å². The van der Waals surface area contributed by atoms with E-state index in [1.54, 1.807) is 40.0 Å². The fraction of sp³-hybridized carbons (Fsp3) is 0.286. The lowest BCUT2D eigenvalue weighted by atomic mass is 10.0. The van der Waals surface area contributed by atoms with Crippen LogP contribution in [0.4, 0.5) is 5.82 Å². The number of carbonyl (C=O) groups excluding carboxylic acids is 1. The van der Waals surface area contributed by atoms with Gasteiger partial charge in [-0.25, -0.2) is 13.1 Å². The molecule has 0 atom stereocenters. The van der Waals surface area contributed by atoms with Gasteiger partial charge in [0.15, 0.2) is 0 Å². The van der Waals surface area contributed by atoms with Crippen LogP contribution in [0.3, 0.4) is 0 Å². The molecule has 0 spiro atoms. The van der Waals surface area contributed by atoms with Gasteiger partial charge in [-0.2, -0.15) is 4.37 Å². The number of methoxy groups -OCH3 is 1. The smallest absolute Gasteiger partial charge is 0.251 e. The Morgan fingerprint density at radius 3 is 2.24 bits per heavy atom. The molecule has 0 aliphatic rings. The van der Waals surface area contributed by atoms with Crippen LogP contribution in [0.5, 0.6) is 5.75 Å². The minimum Gasteiger partial charge on any atom is -0.497 e. The standard InChI is InChI=1S/C28H32N4O4S2/c1-28(2,3)32-38(34,35)24-8-5-7-23-25(24)26(31-37-23)29-17-6-18-30-27(33)21-11-9-19(10-12-21)20-13-15-22(36-4)16-14-20/h5,7-16,32H,6,17-18H2,1-4H3,(H,29,31)(H,30,33). The van der Waals surface area contributed by atoms with Gasteiger partial charge in [0.1, 0.15) is 11.6 Å². The molecule has 1 heterocycles. The van der Waals surface area contributed by atoms with E-state index in [1.807, 2.05) is 54.6 Å². The third-order valence-electron chi connectivity index (χ3n) is 5.69. The average molecular weight is 553 g/mol. The topological polar surface area (TPSA) is 109 Å². The number of sulfonamides is 1. The Morgan fingerprint density at radius 2 is 1.61 bits per heavy atom. The normalized spacial score (nSPS) is 11.9. The Balaban J connectivity index is 1.32. The molecule has 3 N–H and O–H groups in total. The summed E-state index contributed by atoms with van der Waals surface area (Å²) in [5.74, 6) is 1.18. The summed E-state index contributed by atoms with van der Waals surface area (Å²) in [5.41, 5.74) is 2.04. The van der Waals surface area contributed by atoms with Crippen LogP contribution in [0.25, 0.3) is 21.2 Å². The quantitative estimate of drug-likeness (QED) is 0.231. The van der Waals surface area contributed by atoms with E-state index in [4.69, 9.17) is 4.74 Å². The summed E-state index contributed by atoms with van der Waals surface area (Å²) in [7, 11) is -2.09. The number of hydrogen-bond donors (Lipinski definition) is 3. The van der Waals surface area contributed by atoms with Crippen LogP contribution in [0.2, 0.25) is 0 Å². The van der Waals surface area contributed by atoms with E-state index in [9.17, 15) is 13.2 Å². The molecule has 0 radical (unpaired) electrons. The number of carbonyl (C=O) groups is 1. The Morgan fingerprint density at radius 1 is 0.947 bits per heavy atom. The van der Waals surface area contributed by atoms with Gasteiger partial charge in [0.25, 0.3) is 5.91 Å². The first-order chi connectivity index (χ1) is 18.1. The number of aromatic nitrogens is 1. The summed E-state index contributed by atoms with van der Waals surface area (Å²) in [4.78, 5) is 12.8. The molecule has 38 heavy (non-hydrogen) atoms. The zero-order valence-electron chi connectivity index (χ0n) is 21.9. The Labute approximate surface area is 227 Å². The predicted octanol–water partition coefficient (Wildman–Crippen LogP) is 5.28. The molecule has 4 aromatic rings. The van der Waals surface area contributed by atoms with Crippen molar-refractivity contribution in [3.63, 3.8) is 0 Å². The number of ether oxygens (including phenoxy) is 1. The molecule has 0 unspecified atom stereocenters. The van der Waals surface area contributed by atoms with E-state index in [2.05, 4.69) is 19.7 Å². The van der Waals surface area contributed by atoms with E-state index in [1.165, 1.54) is 11.5 Å². The van der Waals surface area contributed by atoms with E-state index in [0.717, 1.165) is 21.6 Å². The first kappa shape index (κ1) is 27.6. The zero-order chi connectivity index (χ0) is 27.3. The van der Waals surface area contributed by atoms with Crippen LogP contribution in [0.1, 0.15) is 37.6 Å². The lowest BCUT2D eigenvalue weighted by molar-refractivity contribution is 0.0953. The van der Waals surface area contributed by atoms with Crippen molar-refractivity contribution in [3.05, 3.63) is 72.3 Å². The van der Waals surface area contributed by atoms with Crippen molar-refractivity contribution in [3.8, 4) is 16.9 Å². The van der Waals surface area contributed by atoms with Gasteiger partial charge >= 0.3 is 0 Å². The number of anilines is 1. The molecule has 8 nitrogen and oxygen atoms in total. The van der Waals surface area contributed by atoms with Crippen molar-refractivity contribution in [2.45, 2.75) is 37.6 Å². The largest absolute Gasteiger partial charge is 0.497 e. The van der Waals surface area contributed by atoms with Crippen molar-refractivity contribution in [2.75, 3.05) is 25.5 Å². The van der Waals surface area contributed by atoms with Crippen LogP contribution in [-0.4, -0.2) is 44.4 Å². The zero-order valence-corrected chi connectivity index (χ0v) is 23.5. The van der Waals surface area contributed by atoms with Crippen LogP contribution >= 0.6 is 11.5 Å². The molecule has 0 saturated carbocycles. The highest BCUT2D eigenvalue weighted by atomic mass is 32.2. The summed E-state index contributed by atoms with van der Waals surface area (Å²) in [5, 5.41) is 6.75. The lowest BCUT2D eigenvalue weighted by Crippen LogP contribution is -2.40. The molecule has 1 amide bonds. The van der Waals surface area contributed by atoms with Crippen molar-refractivity contribution >= 4 is 43.4 Å². The minimum absolute atomic E-state index is 0.146. The maximum absolute atomic E-state index is 13.0. The van der Waals surface area contributed by atoms with E-state index >= 15 is 0 Å². The maximum Gasteiger partial charge on any atom is 0.251 e. The SMILES string of the molecule is COc1ccc(-c2ccc(C(=O)NCCCNc3nsc4cccc(S(=O)(=O)NC(C)(C)C)c34)cc2)cc1. The monoisotopic (exact) mass is 552 g/mol. The maximum atomic E-state index is 13.0. The number of benzene rings is 3. The molecule has 0 bridgehead atoms. The fourth-order valence-corrected chi connectivity index (χ4v) is 6.46.